The Morgan fingerprint density at radius 3 is 2.64 bits per heavy atom. The van der Waals surface area contributed by atoms with E-state index in [4.69, 9.17) is 0 Å². The first kappa shape index (κ1) is 10.5. The van der Waals surface area contributed by atoms with E-state index in [0.717, 1.165) is 6.42 Å². The second-order valence-electron chi connectivity index (χ2n) is 2.37. The van der Waals surface area contributed by atoms with Gasteiger partial charge in [0, 0.05) is 18.1 Å². The molecule has 0 bridgehead atoms. The van der Waals surface area contributed by atoms with Crippen LogP contribution in [0.25, 0.3) is 0 Å². The summed E-state index contributed by atoms with van der Waals surface area (Å²) in [6.07, 6.45) is 5.25. The van der Waals surface area contributed by atoms with E-state index in [2.05, 4.69) is 25.8 Å². The lowest BCUT2D eigenvalue weighted by molar-refractivity contribution is -0.118. The van der Waals surface area contributed by atoms with Crippen LogP contribution in [0.2, 0.25) is 0 Å². The summed E-state index contributed by atoms with van der Waals surface area (Å²) in [4.78, 5) is 11.0. The minimum absolute atomic E-state index is 0.00677. The first-order chi connectivity index (χ1) is 5.20. The van der Waals surface area contributed by atoms with Gasteiger partial charge < -0.3 is 0 Å². The topological polar surface area (TPSA) is 17.1 Å². The van der Waals surface area contributed by atoms with Crippen LogP contribution in [0.4, 0.5) is 0 Å². The van der Waals surface area contributed by atoms with Gasteiger partial charge in [0.05, 0.1) is 0 Å². The summed E-state index contributed by atoms with van der Waals surface area (Å²) in [6, 6.07) is 0. The fourth-order valence-electron chi connectivity index (χ4n) is 0.682. The zero-order valence-corrected chi connectivity index (χ0v) is 7.52. The molecule has 0 aromatic rings. The molecule has 0 aromatic carbocycles. The number of hydrogen-bond acceptors (Lipinski definition) is 2. The molecule has 0 radical (unpaired) electrons. The Morgan fingerprint density at radius 2 is 2.18 bits per heavy atom. The number of Topliss-reactive ketones (excluding diaryl/α,β-unsaturated/α-hetero) is 1. The van der Waals surface area contributed by atoms with Crippen LogP contribution in [0.5, 0.6) is 0 Å². The fraction of sp³-hybridized carbons (Fsp3) is 0.444. The number of hydrogen-bond donors (Lipinski definition) is 1. The van der Waals surface area contributed by atoms with Crippen LogP contribution in [-0.2, 0) is 4.79 Å². The maximum atomic E-state index is 11.0. The Kier molecular flexibility index (Phi) is 5.94. The third-order valence-electron chi connectivity index (χ3n) is 1.34. The van der Waals surface area contributed by atoms with Gasteiger partial charge in [0.1, 0.15) is 5.78 Å². The Bertz CT molecular complexity index is 152. The zero-order chi connectivity index (χ0) is 8.69. The number of carbonyl (C=O) groups excluding carboxylic acids is 1. The van der Waals surface area contributed by atoms with E-state index in [-0.39, 0.29) is 11.0 Å². The quantitative estimate of drug-likeness (QED) is 0.478. The molecule has 0 saturated carbocycles. The SMILES string of the molecule is C=CCCC(=O)CC(S)C=C. The van der Waals surface area contributed by atoms with E-state index in [1.165, 1.54) is 0 Å². The molecular weight excluding hydrogens is 156 g/mol. The highest BCUT2D eigenvalue weighted by atomic mass is 32.1. The molecule has 0 N–H and O–H groups in total. The van der Waals surface area contributed by atoms with Gasteiger partial charge in [-0.15, -0.1) is 13.2 Å². The highest BCUT2D eigenvalue weighted by Gasteiger charge is 2.04. The van der Waals surface area contributed by atoms with Crippen LogP contribution in [0.1, 0.15) is 19.3 Å². The zero-order valence-electron chi connectivity index (χ0n) is 6.62. The minimum Gasteiger partial charge on any atom is -0.300 e. The predicted molar refractivity (Wildman–Crippen MR) is 52.0 cm³/mol. The van der Waals surface area contributed by atoms with Gasteiger partial charge in [0.15, 0.2) is 0 Å². The van der Waals surface area contributed by atoms with E-state index in [1.807, 2.05) is 0 Å². The van der Waals surface area contributed by atoms with Crippen molar-refractivity contribution in [3.05, 3.63) is 25.3 Å². The van der Waals surface area contributed by atoms with Crippen molar-refractivity contribution in [2.75, 3.05) is 0 Å². The van der Waals surface area contributed by atoms with Crippen molar-refractivity contribution in [1.82, 2.24) is 0 Å². The van der Waals surface area contributed by atoms with Gasteiger partial charge in [0.25, 0.3) is 0 Å². The molecule has 2 heteroatoms. The van der Waals surface area contributed by atoms with E-state index < -0.39 is 0 Å². The second-order valence-corrected chi connectivity index (χ2v) is 3.04. The second kappa shape index (κ2) is 6.23. The first-order valence-corrected chi connectivity index (χ1v) is 4.15. The number of ketones is 1. The molecule has 0 aliphatic carbocycles. The van der Waals surface area contributed by atoms with Crippen LogP contribution >= 0.6 is 12.6 Å². The number of allylic oxidation sites excluding steroid dienone is 1. The summed E-state index contributed by atoms with van der Waals surface area (Å²) >= 11 is 4.13. The van der Waals surface area contributed by atoms with Crippen LogP contribution in [-0.4, -0.2) is 11.0 Å². The average Bonchev–Trinajstić information content (AvgIpc) is 2.00. The van der Waals surface area contributed by atoms with Crippen molar-refractivity contribution >= 4 is 18.4 Å². The van der Waals surface area contributed by atoms with E-state index in [0.29, 0.717) is 12.8 Å². The molecule has 11 heavy (non-hydrogen) atoms. The molecule has 0 spiro atoms. The summed E-state index contributed by atoms with van der Waals surface area (Å²) in [5.41, 5.74) is 0. The van der Waals surface area contributed by atoms with Gasteiger partial charge in [-0.2, -0.15) is 12.6 Å². The smallest absolute Gasteiger partial charge is 0.134 e. The molecule has 0 saturated heterocycles. The lowest BCUT2D eigenvalue weighted by Gasteiger charge is -2.01. The molecule has 62 valence electrons. The molecule has 0 aliphatic heterocycles. The van der Waals surface area contributed by atoms with Crippen LogP contribution in [0.15, 0.2) is 25.3 Å². The van der Waals surface area contributed by atoms with Crippen molar-refractivity contribution in [1.29, 1.82) is 0 Å². The Morgan fingerprint density at radius 1 is 1.55 bits per heavy atom. The van der Waals surface area contributed by atoms with Crippen molar-refractivity contribution in [3.63, 3.8) is 0 Å². The molecule has 1 nitrogen and oxygen atoms in total. The maximum Gasteiger partial charge on any atom is 0.134 e. The fourth-order valence-corrected chi connectivity index (χ4v) is 0.885. The van der Waals surface area contributed by atoms with Crippen molar-refractivity contribution in [2.24, 2.45) is 0 Å². The van der Waals surface area contributed by atoms with E-state index in [1.54, 1.807) is 12.2 Å². The first-order valence-electron chi connectivity index (χ1n) is 3.64. The highest BCUT2D eigenvalue weighted by molar-refractivity contribution is 7.81. The van der Waals surface area contributed by atoms with Gasteiger partial charge in [-0.3, -0.25) is 4.79 Å². The van der Waals surface area contributed by atoms with Gasteiger partial charge in [0.2, 0.25) is 0 Å². The minimum atomic E-state index is 0.00677. The summed E-state index contributed by atoms with van der Waals surface area (Å²) in [5, 5.41) is 0.00677. The number of thiol groups is 1. The summed E-state index contributed by atoms with van der Waals surface area (Å²) in [7, 11) is 0. The molecule has 0 rings (SSSR count). The molecule has 0 heterocycles. The molecular formula is C9H14OS. The van der Waals surface area contributed by atoms with Gasteiger partial charge in [-0.05, 0) is 6.42 Å². The molecule has 0 fully saturated rings. The van der Waals surface area contributed by atoms with E-state index >= 15 is 0 Å². The van der Waals surface area contributed by atoms with Crippen LogP contribution < -0.4 is 0 Å². The Balaban J connectivity index is 3.51. The lowest BCUT2D eigenvalue weighted by Crippen LogP contribution is -2.04. The Labute approximate surface area is 73.6 Å². The molecule has 0 aliphatic rings. The number of carbonyl (C=O) groups is 1. The van der Waals surface area contributed by atoms with Crippen molar-refractivity contribution in [3.8, 4) is 0 Å². The van der Waals surface area contributed by atoms with Gasteiger partial charge in [-0.25, -0.2) is 0 Å². The third-order valence-corrected chi connectivity index (χ3v) is 1.73. The molecule has 0 amide bonds. The standard InChI is InChI=1S/C9H14OS/c1-3-5-6-8(10)7-9(11)4-2/h3-4,9,11H,1-2,5-7H2. The molecule has 1 atom stereocenters. The van der Waals surface area contributed by atoms with E-state index in [9.17, 15) is 4.79 Å². The lowest BCUT2D eigenvalue weighted by atomic mass is 10.1. The van der Waals surface area contributed by atoms with Crippen LogP contribution in [0, 0.1) is 0 Å². The predicted octanol–water partition coefficient (Wildman–Crippen LogP) is 2.40. The van der Waals surface area contributed by atoms with Crippen LogP contribution in [0.3, 0.4) is 0 Å². The van der Waals surface area contributed by atoms with Crippen molar-refractivity contribution < 1.29 is 4.79 Å². The summed E-state index contributed by atoms with van der Waals surface area (Å²) in [6.45, 7) is 7.09. The maximum absolute atomic E-state index is 11.0. The Hall–Kier alpha value is -0.500. The van der Waals surface area contributed by atoms with Gasteiger partial charge in [-0.1, -0.05) is 12.2 Å². The summed E-state index contributed by atoms with van der Waals surface area (Å²) in [5.74, 6) is 0.227. The van der Waals surface area contributed by atoms with Gasteiger partial charge >= 0.3 is 0 Å². The average molecular weight is 170 g/mol. The highest BCUT2D eigenvalue weighted by Crippen LogP contribution is 2.05. The molecule has 0 aromatic heterocycles. The normalized spacial score (nSPS) is 12.1. The largest absolute Gasteiger partial charge is 0.300 e. The number of rotatable bonds is 6. The monoisotopic (exact) mass is 170 g/mol. The summed E-state index contributed by atoms with van der Waals surface area (Å²) < 4.78 is 0. The van der Waals surface area contributed by atoms with Crippen molar-refractivity contribution in [2.45, 2.75) is 24.5 Å². The third kappa shape index (κ3) is 5.92. The molecule has 1 unspecified atom stereocenters.